The highest BCUT2D eigenvalue weighted by atomic mass is 32.2. The number of hydrogen-bond donors (Lipinski definition) is 1. The number of carbonyl (C=O) groups is 1. The quantitative estimate of drug-likeness (QED) is 0.687. The summed E-state index contributed by atoms with van der Waals surface area (Å²) in [5.41, 5.74) is 4.98. The van der Waals surface area contributed by atoms with Crippen molar-refractivity contribution in [1.29, 1.82) is 0 Å². The van der Waals surface area contributed by atoms with E-state index in [-0.39, 0.29) is 5.92 Å². The highest BCUT2D eigenvalue weighted by Gasteiger charge is 2.21. The Morgan fingerprint density at radius 1 is 1.10 bits per heavy atom. The topological polar surface area (TPSA) is 29.1 Å². The Bertz CT molecular complexity index is 693. The van der Waals surface area contributed by atoms with E-state index < -0.39 is 0 Å². The molecule has 0 spiro atoms. The predicted molar refractivity (Wildman–Crippen MR) is 89.5 cm³/mol. The van der Waals surface area contributed by atoms with Gasteiger partial charge in [0.25, 0.3) is 0 Å². The molecule has 3 heteroatoms. The Kier molecular flexibility index (Phi) is 4.11. The molecule has 1 aliphatic rings. The zero-order valence-electron chi connectivity index (χ0n) is 11.9. The number of rotatable bonds is 4. The van der Waals surface area contributed by atoms with E-state index in [2.05, 4.69) is 66.2 Å². The molecular weight excluding hydrogens is 278 g/mol. The number of carbonyl (C=O) groups excluding carboxylic acids is 1. The van der Waals surface area contributed by atoms with Gasteiger partial charge in [-0.1, -0.05) is 42.5 Å². The number of hydrogen-bond acceptors (Lipinski definition) is 2. The van der Waals surface area contributed by atoms with E-state index in [0.717, 1.165) is 6.41 Å². The number of fused-ring (bicyclic) bond motifs is 2. The molecule has 1 aliphatic carbocycles. The number of nitrogens with one attached hydrogen (secondary N) is 1. The molecule has 0 bridgehead atoms. The third-order valence-corrected chi connectivity index (χ3v) is 4.61. The average molecular weight is 295 g/mol. The second kappa shape index (κ2) is 6.19. The minimum absolute atomic E-state index is 0.184. The first-order valence-electron chi connectivity index (χ1n) is 6.95. The summed E-state index contributed by atoms with van der Waals surface area (Å²) in [4.78, 5) is 12.0. The van der Waals surface area contributed by atoms with Gasteiger partial charge in [-0.15, -0.1) is 11.8 Å². The van der Waals surface area contributed by atoms with E-state index >= 15 is 0 Å². The van der Waals surface area contributed by atoms with Crippen LogP contribution in [0.15, 0.2) is 47.4 Å². The smallest absolute Gasteiger partial charge is 0.207 e. The maximum absolute atomic E-state index is 10.7. The molecular formula is C18H17NOS. The minimum atomic E-state index is 0.184. The summed E-state index contributed by atoms with van der Waals surface area (Å²) in [5, 5.41) is 2.85. The van der Waals surface area contributed by atoms with E-state index in [0.29, 0.717) is 6.54 Å². The van der Waals surface area contributed by atoms with Crippen LogP contribution in [0.5, 0.6) is 0 Å². The van der Waals surface area contributed by atoms with Crippen LogP contribution in [0.3, 0.4) is 0 Å². The summed E-state index contributed by atoms with van der Waals surface area (Å²) in [6.45, 7) is 0.618. The standard InChI is InChI=1S/C18H17NOS/c1-21-15-9-8-14-7-6-13-4-2-3-5-16(13)18(11-19-12-20)17(14)10-15/h2-10,12,18H,11H2,1H3,(H,19,20). The Balaban J connectivity index is 2.15. The summed E-state index contributed by atoms with van der Waals surface area (Å²) >= 11 is 1.74. The predicted octanol–water partition coefficient (Wildman–Crippen LogP) is 3.77. The second-order valence-electron chi connectivity index (χ2n) is 5.04. The van der Waals surface area contributed by atoms with Crippen molar-refractivity contribution >= 4 is 30.3 Å². The van der Waals surface area contributed by atoms with E-state index in [1.807, 2.05) is 0 Å². The van der Waals surface area contributed by atoms with Crippen LogP contribution in [0, 0.1) is 0 Å². The maximum Gasteiger partial charge on any atom is 0.207 e. The van der Waals surface area contributed by atoms with Crippen LogP contribution in [0.2, 0.25) is 0 Å². The molecule has 21 heavy (non-hydrogen) atoms. The molecule has 0 aliphatic heterocycles. The zero-order valence-corrected chi connectivity index (χ0v) is 12.7. The van der Waals surface area contributed by atoms with Crippen LogP contribution < -0.4 is 5.32 Å². The number of amides is 1. The van der Waals surface area contributed by atoms with E-state index in [1.165, 1.54) is 27.1 Å². The Labute approximate surface area is 129 Å². The van der Waals surface area contributed by atoms with Crippen LogP contribution >= 0.6 is 11.8 Å². The van der Waals surface area contributed by atoms with Gasteiger partial charge < -0.3 is 5.32 Å². The van der Waals surface area contributed by atoms with Gasteiger partial charge in [0.2, 0.25) is 6.41 Å². The molecule has 1 unspecified atom stereocenters. The minimum Gasteiger partial charge on any atom is -0.358 e. The molecule has 2 aromatic carbocycles. The molecule has 1 amide bonds. The van der Waals surface area contributed by atoms with Crippen LogP contribution in [0.25, 0.3) is 12.2 Å². The van der Waals surface area contributed by atoms with Crippen molar-refractivity contribution in [2.75, 3.05) is 12.8 Å². The fourth-order valence-corrected chi connectivity index (χ4v) is 3.30. The Morgan fingerprint density at radius 3 is 2.62 bits per heavy atom. The Morgan fingerprint density at radius 2 is 1.86 bits per heavy atom. The van der Waals surface area contributed by atoms with Gasteiger partial charge in [0.15, 0.2) is 0 Å². The van der Waals surface area contributed by atoms with Gasteiger partial charge in [-0.2, -0.15) is 0 Å². The first kappa shape index (κ1) is 14.0. The lowest BCUT2D eigenvalue weighted by Gasteiger charge is -2.20. The summed E-state index contributed by atoms with van der Waals surface area (Å²) in [6, 6.07) is 14.9. The molecule has 0 saturated heterocycles. The molecule has 0 saturated carbocycles. The molecule has 0 aromatic heterocycles. The molecule has 2 nitrogen and oxygen atoms in total. The highest BCUT2D eigenvalue weighted by molar-refractivity contribution is 7.98. The first-order chi connectivity index (χ1) is 10.3. The van der Waals surface area contributed by atoms with Crippen LogP contribution in [0.4, 0.5) is 0 Å². The van der Waals surface area contributed by atoms with Gasteiger partial charge >= 0.3 is 0 Å². The van der Waals surface area contributed by atoms with Gasteiger partial charge in [0.05, 0.1) is 0 Å². The molecule has 2 aromatic rings. The van der Waals surface area contributed by atoms with Gasteiger partial charge in [-0.3, -0.25) is 4.79 Å². The van der Waals surface area contributed by atoms with Crippen LogP contribution in [0.1, 0.15) is 28.2 Å². The summed E-state index contributed by atoms with van der Waals surface area (Å²) < 4.78 is 0. The fourth-order valence-electron chi connectivity index (χ4n) is 2.85. The normalized spacial score (nSPS) is 15.8. The van der Waals surface area contributed by atoms with Crippen molar-refractivity contribution in [3.8, 4) is 0 Å². The highest BCUT2D eigenvalue weighted by Crippen LogP contribution is 2.35. The van der Waals surface area contributed by atoms with Crippen molar-refractivity contribution in [2.24, 2.45) is 0 Å². The second-order valence-corrected chi connectivity index (χ2v) is 5.92. The van der Waals surface area contributed by atoms with Crippen molar-refractivity contribution < 1.29 is 4.79 Å². The SMILES string of the molecule is CSc1ccc2c(c1)C(CNC=O)c1ccccc1C=C2. The van der Waals surface area contributed by atoms with Gasteiger partial charge in [0.1, 0.15) is 0 Å². The monoisotopic (exact) mass is 295 g/mol. The summed E-state index contributed by atoms with van der Waals surface area (Å²) in [6.07, 6.45) is 7.19. The third kappa shape index (κ3) is 2.74. The molecule has 106 valence electrons. The van der Waals surface area contributed by atoms with E-state index in [4.69, 9.17) is 0 Å². The first-order valence-corrected chi connectivity index (χ1v) is 8.18. The largest absolute Gasteiger partial charge is 0.358 e. The van der Waals surface area contributed by atoms with Crippen molar-refractivity contribution in [3.63, 3.8) is 0 Å². The number of benzene rings is 2. The molecule has 3 rings (SSSR count). The molecule has 0 radical (unpaired) electrons. The van der Waals surface area contributed by atoms with E-state index in [1.54, 1.807) is 11.8 Å². The molecule has 0 heterocycles. The maximum atomic E-state index is 10.7. The van der Waals surface area contributed by atoms with Gasteiger partial charge in [0, 0.05) is 17.4 Å². The van der Waals surface area contributed by atoms with Crippen molar-refractivity contribution in [3.05, 3.63) is 64.7 Å². The third-order valence-electron chi connectivity index (χ3n) is 3.89. The molecule has 1 N–H and O–H groups in total. The van der Waals surface area contributed by atoms with Crippen molar-refractivity contribution in [1.82, 2.24) is 5.32 Å². The van der Waals surface area contributed by atoms with Gasteiger partial charge in [-0.05, 0) is 40.6 Å². The van der Waals surface area contributed by atoms with Crippen LogP contribution in [-0.4, -0.2) is 19.2 Å². The fraction of sp³-hybridized carbons (Fsp3) is 0.167. The van der Waals surface area contributed by atoms with Crippen molar-refractivity contribution in [2.45, 2.75) is 10.8 Å². The Hall–Kier alpha value is -2.00. The van der Waals surface area contributed by atoms with Gasteiger partial charge in [-0.25, -0.2) is 0 Å². The molecule has 1 atom stereocenters. The number of thioether (sulfide) groups is 1. The summed E-state index contributed by atoms with van der Waals surface area (Å²) in [7, 11) is 0. The summed E-state index contributed by atoms with van der Waals surface area (Å²) in [5.74, 6) is 0.184. The lowest BCUT2D eigenvalue weighted by Crippen LogP contribution is -2.21. The van der Waals surface area contributed by atoms with E-state index in [9.17, 15) is 4.79 Å². The molecule has 0 fully saturated rings. The lowest BCUT2D eigenvalue weighted by molar-refractivity contribution is -0.109. The lowest BCUT2D eigenvalue weighted by atomic mass is 9.87. The van der Waals surface area contributed by atoms with Crippen LogP contribution in [-0.2, 0) is 4.79 Å². The average Bonchev–Trinajstić information content (AvgIpc) is 2.69. The zero-order chi connectivity index (χ0) is 14.7.